The summed E-state index contributed by atoms with van der Waals surface area (Å²) in [6.45, 7) is 7.37. The number of aryl methyl sites for hydroxylation is 2. The minimum atomic E-state index is -3.53. The van der Waals surface area contributed by atoms with E-state index in [4.69, 9.17) is 0 Å². The van der Waals surface area contributed by atoms with Gasteiger partial charge in [0.25, 0.3) is 0 Å². The maximum atomic E-state index is 13.0. The van der Waals surface area contributed by atoms with Gasteiger partial charge in [0.05, 0.1) is 4.90 Å². The minimum Gasteiger partial charge on any atom is -0.339 e. The summed E-state index contributed by atoms with van der Waals surface area (Å²) >= 11 is 0. The predicted octanol–water partition coefficient (Wildman–Crippen LogP) is 1.17. The maximum Gasteiger partial charge on any atom is 0.243 e. The van der Waals surface area contributed by atoms with Crippen LogP contribution in [0.3, 0.4) is 0 Å². The highest BCUT2D eigenvalue weighted by Gasteiger charge is 2.35. The summed E-state index contributed by atoms with van der Waals surface area (Å²) in [6.07, 6.45) is 2.90. The Kier molecular flexibility index (Phi) is 6.20. The van der Waals surface area contributed by atoms with Gasteiger partial charge in [0.1, 0.15) is 6.04 Å². The molecule has 2 unspecified atom stereocenters. The first kappa shape index (κ1) is 20.3. The number of carbonyl (C=O) groups is 1. The average Bonchev–Trinajstić information content (AvgIpc) is 3.12. The molecule has 27 heavy (non-hydrogen) atoms. The second kappa shape index (κ2) is 8.26. The molecule has 2 saturated heterocycles. The van der Waals surface area contributed by atoms with Crippen molar-refractivity contribution < 1.29 is 13.2 Å². The van der Waals surface area contributed by atoms with Crippen LogP contribution in [-0.2, 0) is 14.8 Å². The van der Waals surface area contributed by atoms with E-state index in [-0.39, 0.29) is 11.9 Å². The predicted molar refractivity (Wildman–Crippen MR) is 105 cm³/mol. The zero-order chi connectivity index (χ0) is 19.6. The first-order chi connectivity index (χ1) is 12.8. The van der Waals surface area contributed by atoms with E-state index >= 15 is 0 Å². The lowest BCUT2D eigenvalue weighted by molar-refractivity contribution is -0.134. The van der Waals surface area contributed by atoms with Crippen LogP contribution in [0.15, 0.2) is 23.1 Å². The van der Waals surface area contributed by atoms with Gasteiger partial charge in [-0.25, -0.2) is 13.8 Å². The SMILES string of the molecule is CCCC1CC(C(=O)N2CCN(S(=O)(=O)c3cc(C)ccc3C)CC2)NN1. The zero-order valence-electron chi connectivity index (χ0n) is 16.4. The third-order valence-corrected chi connectivity index (χ3v) is 7.47. The maximum absolute atomic E-state index is 13.0. The second-order valence-corrected chi connectivity index (χ2v) is 9.47. The van der Waals surface area contributed by atoms with Gasteiger partial charge in [0.2, 0.25) is 15.9 Å². The molecule has 0 saturated carbocycles. The molecule has 8 heteroatoms. The average molecular weight is 395 g/mol. The number of piperazine rings is 1. The molecule has 0 aromatic heterocycles. The molecule has 0 spiro atoms. The van der Waals surface area contributed by atoms with Gasteiger partial charge in [-0.3, -0.25) is 10.2 Å². The number of nitrogens with zero attached hydrogens (tertiary/aromatic N) is 2. The van der Waals surface area contributed by atoms with E-state index in [2.05, 4.69) is 17.8 Å². The smallest absolute Gasteiger partial charge is 0.243 e. The molecule has 0 bridgehead atoms. The fraction of sp³-hybridized carbons (Fsp3) is 0.632. The Hall–Kier alpha value is -1.48. The Bertz CT molecular complexity index is 788. The number of benzene rings is 1. The van der Waals surface area contributed by atoms with Crippen molar-refractivity contribution in [1.29, 1.82) is 0 Å². The largest absolute Gasteiger partial charge is 0.339 e. The Labute approximate surface area is 162 Å². The lowest BCUT2D eigenvalue weighted by Crippen LogP contribution is -2.54. The quantitative estimate of drug-likeness (QED) is 0.784. The summed E-state index contributed by atoms with van der Waals surface area (Å²) in [5.74, 6) is 0.0601. The molecule has 2 fully saturated rings. The van der Waals surface area contributed by atoms with Crippen molar-refractivity contribution in [3.63, 3.8) is 0 Å². The Morgan fingerprint density at radius 2 is 1.85 bits per heavy atom. The molecular weight excluding hydrogens is 364 g/mol. The van der Waals surface area contributed by atoms with Crippen LogP contribution in [0.4, 0.5) is 0 Å². The van der Waals surface area contributed by atoms with E-state index in [1.165, 1.54) is 4.31 Å². The lowest BCUT2D eigenvalue weighted by atomic mass is 10.1. The summed E-state index contributed by atoms with van der Waals surface area (Å²) in [4.78, 5) is 14.9. The number of hydrazine groups is 1. The Morgan fingerprint density at radius 1 is 1.15 bits per heavy atom. The molecule has 7 nitrogen and oxygen atoms in total. The van der Waals surface area contributed by atoms with Crippen molar-refractivity contribution in [2.75, 3.05) is 26.2 Å². The number of hydrogen-bond donors (Lipinski definition) is 2. The van der Waals surface area contributed by atoms with E-state index in [1.54, 1.807) is 11.0 Å². The van der Waals surface area contributed by atoms with Crippen LogP contribution in [0.5, 0.6) is 0 Å². The fourth-order valence-corrected chi connectivity index (χ4v) is 5.55. The van der Waals surface area contributed by atoms with Gasteiger partial charge in [0, 0.05) is 32.2 Å². The number of amides is 1. The molecule has 1 aromatic carbocycles. The Balaban J connectivity index is 1.61. The molecular formula is C19H30N4O3S. The van der Waals surface area contributed by atoms with E-state index in [1.807, 2.05) is 26.0 Å². The summed E-state index contributed by atoms with van der Waals surface area (Å²) in [6, 6.07) is 5.59. The van der Waals surface area contributed by atoms with Crippen molar-refractivity contribution >= 4 is 15.9 Å². The third kappa shape index (κ3) is 4.34. The monoisotopic (exact) mass is 394 g/mol. The molecule has 2 N–H and O–H groups in total. The lowest BCUT2D eigenvalue weighted by Gasteiger charge is -2.35. The topological polar surface area (TPSA) is 81.8 Å². The van der Waals surface area contributed by atoms with Crippen LogP contribution in [0.2, 0.25) is 0 Å². The van der Waals surface area contributed by atoms with Gasteiger partial charge >= 0.3 is 0 Å². The van der Waals surface area contributed by atoms with Crippen molar-refractivity contribution in [3.8, 4) is 0 Å². The van der Waals surface area contributed by atoms with Crippen molar-refractivity contribution in [2.24, 2.45) is 0 Å². The molecule has 0 aliphatic carbocycles. The molecule has 2 atom stereocenters. The highest BCUT2D eigenvalue weighted by atomic mass is 32.2. The molecule has 3 rings (SSSR count). The van der Waals surface area contributed by atoms with Crippen LogP contribution in [0, 0.1) is 13.8 Å². The standard InChI is InChI=1S/C19H30N4O3S/c1-4-5-16-13-17(21-20-16)19(24)22-8-10-23(11-9-22)27(25,26)18-12-14(2)6-7-15(18)3/h6-7,12,16-17,20-21H,4-5,8-11,13H2,1-3H3. The van der Waals surface area contributed by atoms with E-state index < -0.39 is 10.0 Å². The molecule has 0 radical (unpaired) electrons. The van der Waals surface area contributed by atoms with Gasteiger partial charge in [-0.1, -0.05) is 25.5 Å². The number of sulfonamides is 1. The van der Waals surface area contributed by atoms with Gasteiger partial charge in [0.15, 0.2) is 0 Å². The Morgan fingerprint density at radius 3 is 2.52 bits per heavy atom. The molecule has 1 aromatic rings. The van der Waals surface area contributed by atoms with Crippen LogP contribution in [-0.4, -0.2) is 61.8 Å². The first-order valence-corrected chi connectivity index (χ1v) is 11.1. The second-order valence-electron chi connectivity index (χ2n) is 7.56. The van der Waals surface area contributed by atoms with Crippen molar-refractivity contribution in [3.05, 3.63) is 29.3 Å². The first-order valence-electron chi connectivity index (χ1n) is 9.70. The van der Waals surface area contributed by atoms with Crippen LogP contribution >= 0.6 is 0 Å². The van der Waals surface area contributed by atoms with Gasteiger partial charge in [-0.2, -0.15) is 4.31 Å². The van der Waals surface area contributed by atoms with E-state index in [0.717, 1.165) is 30.4 Å². The van der Waals surface area contributed by atoms with Crippen LogP contribution < -0.4 is 10.9 Å². The highest BCUT2D eigenvalue weighted by molar-refractivity contribution is 7.89. The molecule has 1 amide bonds. The van der Waals surface area contributed by atoms with Crippen molar-refractivity contribution in [2.45, 2.75) is 57.0 Å². The summed E-state index contributed by atoms with van der Waals surface area (Å²) in [5, 5.41) is 0. The third-order valence-electron chi connectivity index (χ3n) is 5.43. The van der Waals surface area contributed by atoms with Gasteiger partial charge < -0.3 is 4.90 Å². The minimum absolute atomic E-state index is 0.0601. The van der Waals surface area contributed by atoms with Crippen LogP contribution in [0.1, 0.15) is 37.3 Å². The zero-order valence-corrected chi connectivity index (χ0v) is 17.2. The highest BCUT2D eigenvalue weighted by Crippen LogP contribution is 2.23. The summed E-state index contributed by atoms with van der Waals surface area (Å²) in [5.41, 5.74) is 7.96. The number of hydrogen-bond acceptors (Lipinski definition) is 5. The van der Waals surface area contributed by atoms with E-state index in [0.29, 0.717) is 37.1 Å². The molecule has 2 heterocycles. The normalized spacial score (nSPS) is 24.3. The van der Waals surface area contributed by atoms with Crippen LogP contribution in [0.25, 0.3) is 0 Å². The number of carbonyl (C=O) groups excluding carboxylic acids is 1. The summed E-state index contributed by atoms with van der Waals surface area (Å²) in [7, 11) is -3.53. The van der Waals surface area contributed by atoms with Gasteiger partial charge in [-0.15, -0.1) is 0 Å². The number of nitrogens with one attached hydrogen (secondary N) is 2. The summed E-state index contributed by atoms with van der Waals surface area (Å²) < 4.78 is 27.5. The molecule has 2 aliphatic heterocycles. The van der Waals surface area contributed by atoms with Gasteiger partial charge in [-0.05, 0) is 43.9 Å². The molecule has 150 valence electrons. The molecule has 2 aliphatic rings. The number of rotatable bonds is 5. The van der Waals surface area contributed by atoms with E-state index in [9.17, 15) is 13.2 Å². The van der Waals surface area contributed by atoms with Crippen molar-refractivity contribution in [1.82, 2.24) is 20.1 Å². The fourth-order valence-electron chi connectivity index (χ4n) is 3.82.